The number of amides is 1. The predicted octanol–water partition coefficient (Wildman–Crippen LogP) is 4.22. The van der Waals surface area contributed by atoms with E-state index in [4.69, 9.17) is 0 Å². The van der Waals surface area contributed by atoms with Gasteiger partial charge in [-0.3, -0.25) is 14.3 Å². The standard InChI is InChI=1S/C25H27N3O3/c1-17-5-7-21(8-6-17)16-28-19(3)23(18(2)27-28)13-14-24(29)26-22-11-9-20(10-12-22)15-25(30)31-4/h5-14H,15-16H2,1-4H3,(H,26,29). The van der Waals surface area contributed by atoms with Crippen LogP contribution in [0.5, 0.6) is 0 Å². The van der Waals surface area contributed by atoms with Crippen LogP contribution in [0.4, 0.5) is 5.69 Å². The van der Waals surface area contributed by atoms with Gasteiger partial charge in [0, 0.05) is 23.0 Å². The zero-order chi connectivity index (χ0) is 22.4. The molecule has 0 radical (unpaired) electrons. The van der Waals surface area contributed by atoms with Crippen LogP contribution in [0, 0.1) is 20.8 Å². The molecule has 1 aromatic heterocycles. The average Bonchev–Trinajstić information content (AvgIpc) is 3.02. The average molecular weight is 418 g/mol. The molecule has 3 aromatic rings. The largest absolute Gasteiger partial charge is 0.469 e. The molecule has 1 amide bonds. The molecule has 0 aliphatic heterocycles. The van der Waals surface area contributed by atoms with Crippen molar-refractivity contribution in [2.24, 2.45) is 0 Å². The first-order chi connectivity index (χ1) is 14.9. The fourth-order valence-corrected chi connectivity index (χ4v) is 3.26. The van der Waals surface area contributed by atoms with Crippen LogP contribution in [0.15, 0.2) is 54.6 Å². The van der Waals surface area contributed by atoms with Crippen LogP contribution in [0.2, 0.25) is 0 Å². The van der Waals surface area contributed by atoms with Crippen LogP contribution in [0.1, 0.15) is 33.6 Å². The SMILES string of the molecule is COC(=O)Cc1ccc(NC(=O)C=Cc2c(C)nn(Cc3ccc(C)cc3)c2C)cc1. The molecule has 1 heterocycles. The first-order valence-electron chi connectivity index (χ1n) is 10.1. The third-order valence-corrected chi connectivity index (χ3v) is 5.09. The summed E-state index contributed by atoms with van der Waals surface area (Å²) in [5, 5.41) is 7.45. The first-order valence-corrected chi connectivity index (χ1v) is 10.1. The van der Waals surface area contributed by atoms with Gasteiger partial charge in [0.15, 0.2) is 0 Å². The Morgan fingerprint density at radius 1 is 1.00 bits per heavy atom. The summed E-state index contributed by atoms with van der Waals surface area (Å²) in [5.74, 6) is -0.529. The van der Waals surface area contributed by atoms with E-state index in [1.54, 1.807) is 30.3 Å². The van der Waals surface area contributed by atoms with Gasteiger partial charge in [0.05, 0.1) is 25.8 Å². The summed E-state index contributed by atoms with van der Waals surface area (Å²) in [6.45, 7) is 6.70. The molecule has 0 aliphatic rings. The van der Waals surface area contributed by atoms with Gasteiger partial charge in [-0.15, -0.1) is 0 Å². The number of rotatable bonds is 7. The van der Waals surface area contributed by atoms with Gasteiger partial charge in [-0.25, -0.2) is 0 Å². The zero-order valence-corrected chi connectivity index (χ0v) is 18.3. The molecule has 0 fully saturated rings. The van der Waals surface area contributed by atoms with Crippen molar-refractivity contribution in [1.29, 1.82) is 0 Å². The fourth-order valence-electron chi connectivity index (χ4n) is 3.26. The highest BCUT2D eigenvalue weighted by Gasteiger charge is 2.10. The monoisotopic (exact) mass is 417 g/mol. The van der Waals surface area contributed by atoms with Crippen LogP contribution in [-0.2, 0) is 27.3 Å². The maximum atomic E-state index is 12.3. The molecular weight excluding hydrogens is 390 g/mol. The maximum Gasteiger partial charge on any atom is 0.309 e. The van der Waals surface area contributed by atoms with E-state index in [0.717, 1.165) is 22.5 Å². The topological polar surface area (TPSA) is 73.2 Å². The molecule has 0 saturated carbocycles. The number of aromatic nitrogens is 2. The summed E-state index contributed by atoms with van der Waals surface area (Å²) in [5.41, 5.74) is 6.72. The Morgan fingerprint density at radius 3 is 2.29 bits per heavy atom. The second kappa shape index (κ2) is 9.89. The van der Waals surface area contributed by atoms with Crippen molar-refractivity contribution in [3.05, 3.63) is 88.2 Å². The Balaban J connectivity index is 1.64. The van der Waals surface area contributed by atoms with Gasteiger partial charge in [0.2, 0.25) is 5.91 Å². The van der Waals surface area contributed by atoms with E-state index in [0.29, 0.717) is 12.2 Å². The van der Waals surface area contributed by atoms with Crippen molar-refractivity contribution in [2.45, 2.75) is 33.7 Å². The van der Waals surface area contributed by atoms with Crippen molar-refractivity contribution < 1.29 is 14.3 Å². The van der Waals surface area contributed by atoms with Crippen LogP contribution >= 0.6 is 0 Å². The van der Waals surface area contributed by atoms with E-state index in [9.17, 15) is 9.59 Å². The Hall–Kier alpha value is -3.67. The van der Waals surface area contributed by atoms with Gasteiger partial charge >= 0.3 is 5.97 Å². The number of nitrogens with one attached hydrogen (secondary N) is 1. The molecule has 6 nitrogen and oxygen atoms in total. The van der Waals surface area contributed by atoms with Crippen LogP contribution in [0.25, 0.3) is 6.08 Å². The van der Waals surface area contributed by atoms with Crippen LogP contribution in [0.3, 0.4) is 0 Å². The Labute approximate surface area is 182 Å². The number of benzene rings is 2. The highest BCUT2D eigenvalue weighted by Crippen LogP contribution is 2.17. The molecular formula is C25H27N3O3. The predicted molar refractivity (Wildman–Crippen MR) is 122 cm³/mol. The molecule has 0 saturated heterocycles. The first kappa shape index (κ1) is 22.0. The van der Waals surface area contributed by atoms with Crippen molar-refractivity contribution in [2.75, 3.05) is 12.4 Å². The minimum atomic E-state index is -0.298. The van der Waals surface area contributed by atoms with Crippen LogP contribution < -0.4 is 5.32 Å². The van der Waals surface area contributed by atoms with Crippen LogP contribution in [-0.4, -0.2) is 28.8 Å². The lowest BCUT2D eigenvalue weighted by molar-refractivity contribution is -0.139. The summed E-state index contributed by atoms with van der Waals surface area (Å²) < 4.78 is 6.61. The molecule has 160 valence electrons. The van der Waals surface area contributed by atoms with Gasteiger partial charge < -0.3 is 10.1 Å². The number of anilines is 1. The summed E-state index contributed by atoms with van der Waals surface area (Å²) in [4.78, 5) is 23.7. The number of aryl methyl sites for hydroxylation is 2. The van der Waals surface area contributed by atoms with Crippen molar-refractivity contribution in [1.82, 2.24) is 9.78 Å². The number of hydrogen-bond acceptors (Lipinski definition) is 4. The van der Waals surface area contributed by atoms with E-state index < -0.39 is 0 Å². The number of carbonyl (C=O) groups excluding carboxylic acids is 2. The number of carbonyl (C=O) groups is 2. The summed E-state index contributed by atoms with van der Waals surface area (Å²) in [6.07, 6.45) is 3.51. The molecule has 0 spiro atoms. The molecule has 2 aromatic carbocycles. The van der Waals surface area contributed by atoms with Crippen molar-refractivity contribution in [3.8, 4) is 0 Å². The maximum absolute atomic E-state index is 12.3. The lowest BCUT2D eigenvalue weighted by Gasteiger charge is -2.06. The van der Waals surface area contributed by atoms with E-state index in [1.165, 1.54) is 24.3 Å². The molecule has 1 N–H and O–H groups in total. The second-order valence-corrected chi connectivity index (χ2v) is 7.50. The molecule has 0 aliphatic carbocycles. The van der Waals surface area contributed by atoms with Gasteiger partial charge in [-0.05, 0) is 50.1 Å². The lowest BCUT2D eigenvalue weighted by Crippen LogP contribution is -2.08. The second-order valence-electron chi connectivity index (χ2n) is 7.50. The Kier molecular flexibility index (Phi) is 7.03. The number of nitrogens with zero attached hydrogens (tertiary/aromatic N) is 2. The molecule has 6 heteroatoms. The third-order valence-electron chi connectivity index (χ3n) is 5.09. The Bertz CT molecular complexity index is 1090. The lowest BCUT2D eigenvalue weighted by atomic mass is 10.1. The smallest absolute Gasteiger partial charge is 0.309 e. The number of esters is 1. The van der Waals surface area contributed by atoms with Gasteiger partial charge in [-0.2, -0.15) is 5.10 Å². The van der Waals surface area contributed by atoms with Crippen molar-refractivity contribution >= 4 is 23.6 Å². The van der Waals surface area contributed by atoms with E-state index >= 15 is 0 Å². The van der Waals surface area contributed by atoms with Crippen molar-refractivity contribution in [3.63, 3.8) is 0 Å². The zero-order valence-electron chi connectivity index (χ0n) is 18.3. The number of ether oxygens (including phenoxy) is 1. The fraction of sp³-hybridized carbons (Fsp3) is 0.240. The van der Waals surface area contributed by atoms with E-state index in [1.807, 2.05) is 18.5 Å². The third kappa shape index (κ3) is 5.92. The quantitative estimate of drug-likeness (QED) is 0.461. The molecule has 31 heavy (non-hydrogen) atoms. The molecule has 0 bridgehead atoms. The Morgan fingerprint density at radius 2 is 1.65 bits per heavy atom. The van der Waals surface area contributed by atoms with E-state index in [-0.39, 0.29) is 18.3 Å². The summed E-state index contributed by atoms with van der Waals surface area (Å²) in [7, 11) is 1.36. The van der Waals surface area contributed by atoms with Gasteiger partial charge in [0.1, 0.15) is 0 Å². The number of methoxy groups -OCH3 is 1. The van der Waals surface area contributed by atoms with Gasteiger partial charge in [-0.1, -0.05) is 42.0 Å². The van der Waals surface area contributed by atoms with E-state index in [2.05, 4.69) is 46.3 Å². The highest BCUT2D eigenvalue weighted by atomic mass is 16.5. The highest BCUT2D eigenvalue weighted by molar-refractivity contribution is 6.02. The molecule has 3 rings (SSSR count). The minimum Gasteiger partial charge on any atom is -0.469 e. The molecule has 0 atom stereocenters. The summed E-state index contributed by atoms with van der Waals surface area (Å²) in [6, 6.07) is 15.5. The molecule has 0 unspecified atom stereocenters. The summed E-state index contributed by atoms with van der Waals surface area (Å²) >= 11 is 0. The number of hydrogen-bond donors (Lipinski definition) is 1. The van der Waals surface area contributed by atoms with Gasteiger partial charge in [0.25, 0.3) is 0 Å². The normalized spacial score (nSPS) is 11.0. The minimum absolute atomic E-state index is 0.204.